The molecule has 0 saturated carbocycles. The Kier molecular flexibility index (Phi) is 9.10. The van der Waals surface area contributed by atoms with Crippen LogP contribution in [0.3, 0.4) is 0 Å². The van der Waals surface area contributed by atoms with Crippen molar-refractivity contribution in [3.63, 3.8) is 0 Å². The minimum atomic E-state index is -0.452. The molecule has 1 heterocycles. The first-order valence-corrected chi connectivity index (χ1v) is 10.9. The number of nitrogens with one attached hydrogen (secondary N) is 1. The van der Waals surface area contributed by atoms with Gasteiger partial charge in [-0.1, -0.05) is 60.7 Å². The van der Waals surface area contributed by atoms with Crippen molar-refractivity contribution in [1.82, 2.24) is 15.2 Å². The molecule has 0 radical (unpaired) electrons. The highest BCUT2D eigenvalue weighted by molar-refractivity contribution is 5.95. The van der Waals surface area contributed by atoms with E-state index in [-0.39, 0.29) is 12.3 Å². The Hall–Kier alpha value is -4.26. The zero-order valence-corrected chi connectivity index (χ0v) is 19.0. The molecule has 3 amide bonds. The molecular formula is C27H27N3O4. The predicted octanol–water partition coefficient (Wildman–Crippen LogP) is 3.79. The summed E-state index contributed by atoms with van der Waals surface area (Å²) in [6, 6.07) is 21.9. The number of carbonyl (C=O) groups excluding carboxylic acids is 3. The summed E-state index contributed by atoms with van der Waals surface area (Å²) < 4.78 is 4.60. The number of methoxy groups -OCH3 is 1. The van der Waals surface area contributed by atoms with E-state index in [4.69, 9.17) is 0 Å². The average Bonchev–Trinajstić information content (AvgIpc) is 2.86. The molecule has 0 spiro atoms. The Morgan fingerprint density at radius 1 is 0.941 bits per heavy atom. The van der Waals surface area contributed by atoms with Gasteiger partial charge in [-0.25, -0.2) is 9.59 Å². The molecule has 0 atom stereocenters. The fourth-order valence-corrected chi connectivity index (χ4v) is 3.26. The van der Waals surface area contributed by atoms with Gasteiger partial charge in [-0.05, 0) is 34.9 Å². The molecule has 1 N–H and O–H groups in total. The molecule has 0 aliphatic carbocycles. The van der Waals surface area contributed by atoms with E-state index in [1.165, 1.54) is 13.2 Å². The van der Waals surface area contributed by atoms with Crippen LogP contribution in [0.5, 0.6) is 0 Å². The Balaban J connectivity index is 1.67. The summed E-state index contributed by atoms with van der Waals surface area (Å²) in [7, 11) is 1.32. The lowest BCUT2D eigenvalue weighted by Gasteiger charge is -2.23. The van der Waals surface area contributed by atoms with Gasteiger partial charge in [0.05, 0.1) is 13.5 Å². The summed E-state index contributed by atoms with van der Waals surface area (Å²) in [5.41, 5.74) is 3.42. The molecule has 1 aromatic heterocycles. The van der Waals surface area contributed by atoms with Crippen LogP contribution in [0, 0.1) is 0 Å². The number of carbonyl (C=O) groups is 3. The highest BCUT2D eigenvalue weighted by Crippen LogP contribution is 2.11. The van der Waals surface area contributed by atoms with Crippen LogP contribution in [0.15, 0.2) is 85.1 Å². The molecule has 7 nitrogen and oxygen atoms in total. The Bertz CT molecular complexity index is 1110. The maximum Gasteiger partial charge on any atom is 0.330 e. The number of benzene rings is 2. The van der Waals surface area contributed by atoms with Crippen molar-refractivity contribution >= 4 is 24.0 Å². The van der Waals surface area contributed by atoms with E-state index in [0.717, 1.165) is 22.4 Å². The third-order valence-electron chi connectivity index (χ3n) is 5.07. The third kappa shape index (κ3) is 8.02. The standard InChI is InChI=1S/C27H27N3O4/c1-34-26(32)15-14-21-10-12-23(13-11-21)20-30(18-16-24-9-5-6-17-28-24)27(33)29-25(31)19-22-7-3-2-4-8-22/h2-15,17H,16,18-20H2,1H3,(H,29,31,33)/b15-14+. The maximum atomic E-state index is 13.0. The van der Waals surface area contributed by atoms with Crippen LogP contribution in [-0.2, 0) is 33.7 Å². The quantitative estimate of drug-likeness (QED) is 0.390. The average molecular weight is 458 g/mol. The van der Waals surface area contributed by atoms with Gasteiger partial charge in [-0.3, -0.25) is 15.1 Å². The Labute approximate surface area is 199 Å². The van der Waals surface area contributed by atoms with Crippen molar-refractivity contribution in [2.45, 2.75) is 19.4 Å². The van der Waals surface area contributed by atoms with Crippen LogP contribution in [0.2, 0.25) is 0 Å². The highest BCUT2D eigenvalue weighted by Gasteiger charge is 2.17. The summed E-state index contributed by atoms with van der Waals surface area (Å²) >= 11 is 0. The molecule has 7 heteroatoms. The number of esters is 1. The van der Waals surface area contributed by atoms with Crippen molar-refractivity contribution in [2.24, 2.45) is 0 Å². The number of rotatable bonds is 9. The molecule has 3 rings (SSSR count). The predicted molar refractivity (Wildman–Crippen MR) is 130 cm³/mol. The fourth-order valence-electron chi connectivity index (χ4n) is 3.26. The molecule has 0 fully saturated rings. The van der Waals surface area contributed by atoms with Gasteiger partial charge in [0.2, 0.25) is 5.91 Å². The first-order valence-electron chi connectivity index (χ1n) is 10.9. The second-order valence-electron chi connectivity index (χ2n) is 7.61. The first kappa shape index (κ1) is 24.4. The van der Waals surface area contributed by atoms with Crippen LogP contribution < -0.4 is 5.32 Å². The van der Waals surface area contributed by atoms with Crippen LogP contribution in [-0.4, -0.2) is 41.4 Å². The zero-order chi connectivity index (χ0) is 24.2. The van der Waals surface area contributed by atoms with Crippen molar-refractivity contribution in [3.05, 3.63) is 107 Å². The van der Waals surface area contributed by atoms with Gasteiger partial charge in [0, 0.05) is 37.5 Å². The largest absolute Gasteiger partial charge is 0.466 e. The van der Waals surface area contributed by atoms with E-state index in [1.54, 1.807) is 17.2 Å². The molecular weight excluding hydrogens is 430 g/mol. The van der Waals surface area contributed by atoms with Gasteiger partial charge < -0.3 is 9.64 Å². The minimum absolute atomic E-state index is 0.127. The van der Waals surface area contributed by atoms with Gasteiger partial charge >= 0.3 is 12.0 Å². The number of nitrogens with zero attached hydrogens (tertiary/aromatic N) is 2. The van der Waals surface area contributed by atoms with E-state index >= 15 is 0 Å². The first-order chi connectivity index (χ1) is 16.5. The van der Waals surface area contributed by atoms with Gasteiger partial charge in [-0.2, -0.15) is 0 Å². The number of ether oxygens (including phenoxy) is 1. The van der Waals surface area contributed by atoms with Gasteiger partial charge in [0.15, 0.2) is 0 Å². The highest BCUT2D eigenvalue weighted by atomic mass is 16.5. The summed E-state index contributed by atoms with van der Waals surface area (Å²) in [6.45, 7) is 0.712. The molecule has 2 aromatic carbocycles. The van der Waals surface area contributed by atoms with Gasteiger partial charge in [0.1, 0.15) is 0 Å². The Morgan fingerprint density at radius 3 is 2.35 bits per heavy atom. The number of amides is 3. The Morgan fingerprint density at radius 2 is 1.68 bits per heavy atom. The molecule has 34 heavy (non-hydrogen) atoms. The minimum Gasteiger partial charge on any atom is -0.466 e. The van der Waals surface area contributed by atoms with Crippen molar-refractivity contribution in [1.29, 1.82) is 0 Å². The number of pyridine rings is 1. The fraction of sp³-hybridized carbons (Fsp3) is 0.185. The van der Waals surface area contributed by atoms with Crippen LogP contribution in [0.1, 0.15) is 22.4 Å². The third-order valence-corrected chi connectivity index (χ3v) is 5.07. The van der Waals surface area contributed by atoms with E-state index in [0.29, 0.717) is 19.5 Å². The normalized spacial score (nSPS) is 10.6. The lowest BCUT2D eigenvalue weighted by atomic mass is 10.1. The molecule has 0 aliphatic rings. The summed E-state index contributed by atoms with van der Waals surface area (Å²) in [6.07, 6.45) is 5.40. The van der Waals surface area contributed by atoms with Crippen LogP contribution in [0.25, 0.3) is 6.08 Å². The smallest absolute Gasteiger partial charge is 0.330 e. The van der Waals surface area contributed by atoms with Crippen LogP contribution in [0.4, 0.5) is 4.79 Å². The number of hydrogen-bond acceptors (Lipinski definition) is 5. The lowest BCUT2D eigenvalue weighted by molar-refractivity contribution is -0.134. The van der Waals surface area contributed by atoms with Crippen molar-refractivity contribution < 1.29 is 19.1 Å². The number of aromatic nitrogens is 1. The lowest BCUT2D eigenvalue weighted by Crippen LogP contribution is -2.44. The molecule has 0 saturated heterocycles. The van der Waals surface area contributed by atoms with E-state index < -0.39 is 12.0 Å². The molecule has 3 aromatic rings. The maximum absolute atomic E-state index is 13.0. The monoisotopic (exact) mass is 457 g/mol. The van der Waals surface area contributed by atoms with Crippen molar-refractivity contribution in [2.75, 3.05) is 13.7 Å². The van der Waals surface area contributed by atoms with Gasteiger partial charge in [-0.15, -0.1) is 0 Å². The SMILES string of the molecule is COC(=O)/C=C/c1ccc(CN(CCc2ccccn2)C(=O)NC(=O)Cc2ccccc2)cc1. The van der Waals surface area contributed by atoms with E-state index in [9.17, 15) is 14.4 Å². The molecule has 174 valence electrons. The molecule has 0 aliphatic heterocycles. The summed E-state index contributed by atoms with van der Waals surface area (Å²) in [5, 5.41) is 2.50. The summed E-state index contributed by atoms with van der Waals surface area (Å²) in [5.74, 6) is -0.788. The van der Waals surface area contributed by atoms with Crippen molar-refractivity contribution in [3.8, 4) is 0 Å². The zero-order valence-electron chi connectivity index (χ0n) is 19.0. The van der Waals surface area contributed by atoms with Crippen LogP contribution >= 0.6 is 0 Å². The van der Waals surface area contributed by atoms with Gasteiger partial charge in [0.25, 0.3) is 0 Å². The summed E-state index contributed by atoms with van der Waals surface area (Å²) in [4.78, 5) is 42.6. The second-order valence-corrected chi connectivity index (χ2v) is 7.61. The second kappa shape index (κ2) is 12.7. The van der Waals surface area contributed by atoms with E-state index in [2.05, 4.69) is 15.0 Å². The van der Waals surface area contributed by atoms with E-state index in [1.807, 2.05) is 72.8 Å². The molecule has 0 bridgehead atoms. The number of hydrogen-bond donors (Lipinski definition) is 1. The number of urea groups is 1. The number of imide groups is 1. The topological polar surface area (TPSA) is 88.6 Å². The molecule has 0 unspecified atom stereocenters.